The number of carbonyl (C=O) groups excluding carboxylic acids is 1. The van der Waals surface area contributed by atoms with Gasteiger partial charge in [-0.05, 0) is 36.3 Å². The molecule has 0 spiro atoms. The minimum atomic E-state index is -4.59. The maximum absolute atomic E-state index is 13.6. The zero-order valence-corrected chi connectivity index (χ0v) is 15.7. The van der Waals surface area contributed by atoms with Gasteiger partial charge in [-0.2, -0.15) is 13.2 Å². The highest BCUT2D eigenvalue weighted by molar-refractivity contribution is 7.80. The highest BCUT2D eigenvalue weighted by atomic mass is 32.1. The molecule has 28 heavy (non-hydrogen) atoms. The monoisotopic (exact) mass is 406 g/mol. The molecule has 0 saturated carbocycles. The minimum absolute atomic E-state index is 0.0401. The molecule has 1 aliphatic heterocycles. The number of rotatable bonds is 4. The average molecular weight is 406 g/mol. The molecule has 1 aliphatic rings. The normalized spacial score (nSPS) is 17.0. The van der Waals surface area contributed by atoms with Crippen LogP contribution in [-0.2, 0) is 15.7 Å². The lowest BCUT2D eigenvalue weighted by molar-refractivity contribution is -0.140. The van der Waals surface area contributed by atoms with Gasteiger partial charge in [0.15, 0.2) is 5.11 Å². The summed E-state index contributed by atoms with van der Waals surface area (Å²) in [7, 11) is 0. The summed E-state index contributed by atoms with van der Waals surface area (Å²) in [6.07, 6.45) is -4.59. The summed E-state index contributed by atoms with van der Waals surface area (Å²) in [4.78, 5) is 12.7. The van der Waals surface area contributed by atoms with E-state index >= 15 is 0 Å². The summed E-state index contributed by atoms with van der Waals surface area (Å²) in [6.45, 7) is 1.72. The first-order chi connectivity index (χ1) is 13.3. The Morgan fingerprint density at radius 2 is 1.75 bits per heavy atom. The van der Waals surface area contributed by atoms with E-state index in [1.807, 2.05) is 0 Å². The molecule has 1 heterocycles. The van der Waals surface area contributed by atoms with Gasteiger partial charge in [0.1, 0.15) is 0 Å². The molecule has 2 aromatic rings. The second-order valence-corrected chi connectivity index (χ2v) is 6.40. The van der Waals surface area contributed by atoms with Crippen LogP contribution in [0.1, 0.15) is 29.7 Å². The van der Waals surface area contributed by atoms with Gasteiger partial charge in [-0.1, -0.05) is 48.5 Å². The third-order valence-corrected chi connectivity index (χ3v) is 4.43. The zero-order valence-electron chi connectivity index (χ0n) is 14.8. The molecular formula is C20H17F3N2O2S. The Hall–Kier alpha value is -2.87. The highest BCUT2D eigenvalue weighted by Crippen LogP contribution is 2.39. The van der Waals surface area contributed by atoms with E-state index in [9.17, 15) is 18.0 Å². The van der Waals surface area contributed by atoms with E-state index in [2.05, 4.69) is 10.6 Å². The fraction of sp³-hybridized carbons (Fsp3) is 0.200. The summed E-state index contributed by atoms with van der Waals surface area (Å²) < 4.78 is 45.9. The lowest BCUT2D eigenvalue weighted by atomic mass is 9.90. The number of thiocarbonyl (C=S) groups is 1. The largest absolute Gasteiger partial charge is 0.463 e. The van der Waals surface area contributed by atoms with Crippen LogP contribution < -0.4 is 10.6 Å². The Morgan fingerprint density at radius 1 is 1.11 bits per heavy atom. The molecule has 1 atom stereocenters. The Kier molecular flexibility index (Phi) is 5.69. The van der Waals surface area contributed by atoms with Crippen molar-refractivity contribution in [2.75, 3.05) is 6.61 Å². The van der Waals surface area contributed by atoms with Crippen LogP contribution in [0.15, 0.2) is 60.2 Å². The summed E-state index contributed by atoms with van der Waals surface area (Å²) in [5, 5.41) is 5.81. The fourth-order valence-corrected chi connectivity index (χ4v) is 3.29. The average Bonchev–Trinajstić information content (AvgIpc) is 2.67. The summed E-state index contributed by atoms with van der Waals surface area (Å²) in [5.74, 6) is -0.717. The molecule has 146 valence electrons. The van der Waals surface area contributed by atoms with Crippen LogP contribution in [-0.4, -0.2) is 17.7 Å². The quantitative estimate of drug-likeness (QED) is 0.589. The van der Waals surface area contributed by atoms with E-state index < -0.39 is 23.8 Å². The van der Waals surface area contributed by atoms with Crippen molar-refractivity contribution >= 4 is 29.0 Å². The van der Waals surface area contributed by atoms with Crippen molar-refractivity contribution in [2.45, 2.75) is 19.1 Å². The predicted octanol–water partition coefficient (Wildman–Crippen LogP) is 4.20. The molecule has 0 aliphatic carbocycles. The number of hydrogen-bond donors (Lipinski definition) is 2. The van der Waals surface area contributed by atoms with E-state index in [4.69, 9.17) is 17.0 Å². The van der Waals surface area contributed by atoms with Gasteiger partial charge >= 0.3 is 12.1 Å². The standard InChI is InChI=1S/C20H17F3N2O2S/c1-2-27-18(26)15-16(12-8-4-3-5-9-12)24-19(28)25-17(15)13-10-6-7-11-14(13)20(21,22)23/h3-11,17H,2H2,1H3,(H2,24,25,28)/t17-/m0/s1. The SMILES string of the molecule is CCOC(=O)C1=C(c2ccccc2)NC(=S)N[C@H]1c1ccccc1C(F)(F)F. The molecule has 0 saturated heterocycles. The molecule has 0 unspecified atom stereocenters. The number of ether oxygens (including phenoxy) is 1. The number of esters is 1. The molecule has 0 amide bonds. The number of hydrogen-bond acceptors (Lipinski definition) is 3. The van der Waals surface area contributed by atoms with Crippen molar-refractivity contribution < 1.29 is 22.7 Å². The van der Waals surface area contributed by atoms with E-state index in [-0.39, 0.29) is 22.9 Å². The second kappa shape index (κ2) is 8.02. The van der Waals surface area contributed by atoms with Crippen LogP contribution in [0, 0.1) is 0 Å². The van der Waals surface area contributed by atoms with E-state index in [0.717, 1.165) is 6.07 Å². The first kappa shape index (κ1) is 19.9. The molecular weight excluding hydrogens is 389 g/mol. The van der Waals surface area contributed by atoms with Crippen molar-refractivity contribution in [3.05, 3.63) is 76.9 Å². The van der Waals surface area contributed by atoms with Gasteiger partial charge in [0, 0.05) is 0 Å². The van der Waals surface area contributed by atoms with Crippen molar-refractivity contribution in [2.24, 2.45) is 0 Å². The third-order valence-electron chi connectivity index (χ3n) is 4.21. The molecule has 2 N–H and O–H groups in total. The first-order valence-electron chi connectivity index (χ1n) is 8.53. The van der Waals surface area contributed by atoms with E-state index in [0.29, 0.717) is 11.3 Å². The van der Waals surface area contributed by atoms with E-state index in [1.54, 1.807) is 37.3 Å². The van der Waals surface area contributed by atoms with Gasteiger partial charge in [-0.3, -0.25) is 0 Å². The number of nitrogens with one attached hydrogen (secondary N) is 2. The molecule has 0 fully saturated rings. The van der Waals surface area contributed by atoms with Gasteiger partial charge in [-0.15, -0.1) is 0 Å². The lowest BCUT2D eigenvalue weighted by Gasteiger charge is -2.32. The zero-order chi connectivity index (χ0) is 20.3. The molecule has 0 radical (unpaired) electrons. The third kappa shape index (κ3) is 4.01. The maximum Gasteiger partial charge on any atom is 0.416 e. The summed E-state index contributed by atoms with van der Waals surface area (Å²) in [6, 6.07) is 12.8. The number of carbonyl (C=O) groups is 1. The van der Waals surface area contributed by atoms with Gasteiger partial charge in [0.2, 0.25) is 0 Å². The first-order valence-corrected chi connectivity index (χ1v) is 8.94. The van der Waals surface area contributed by atoms with Crippen molar-refractivity contribution in [3.63, 3.8) is 0 Å². The lowest BCUT2D eigenvalue weighted by Crippen LogP contribution is -2.45. The van der Waals surface area contributed by atoms with Crippen molar-refractivity contribution in [1.82, 2.24) is 10.6 Å². The molecule has 3 rings (SSSR count). The number of benzene rings is 2. The number of alkyl halides is 3. The molecule has 0 bridgehead atoms. The molecule has 8 heteroatoms. The van der Waals surface area contributed by atoms with Crippen LogP contribution in [0.25, 0.3) is 5.70 Å². The van der Waals surface area contributed by atoms with Gasteiger partial charge in [0.25, 0.3) is 0 Å². The topological polar surface area (TPSA) is 50.4 Å². The smallest absolute Gasteiger partial charge is 0.416 e. The van der Waals surface area contributed by atoms with Crippen molar-refractivity contribution in [3.8, 4) is 0 Å². The molecule has 4 nitrogen and oxygen atoms in total. The van der Waals surface area contributed by atoms with Crippen LogP contribution in [0.4, 0.5) is 13.2 Å². The Labute approximate surface area is 165 Å². The maximum atomic E-state index is 13.6. The highest BCUT2D eigenvalue weighted by Gasteiger charge is 2.40. The van der Waals surface area contributed by atoms with Gasteiger partial charge < -0.3 is 15.4 Å². The van der Waals surface area contributed by atoms with Gasteiger partial charge in [0.05, 0.1) is 29.5 Å². The van der Waals surface area contributed by atoms with Crippen LogP contribution in [0.5, 0.6) is 0 Å². The van der Waals surface area contributed by atoms with Crippen LogP contribution >= 0.6 is 12.2 Å². The van der Waals surface area contributed by atoms with E-state index in [1.165, 1.54) is 18.2 Å². The Balaban J connectivity index is 2.25. The molecule has 2 aromatic carbocycles. The van der Waals surface area contributed by atoms with Crippen molar-refractivity contribution in [1.29, 1.82) is 0 Å². The Morgan fingerprint density at radius 3 is 2.39 bits per heavy atom. The molecule has 0 aromatic heterocycles. The second-order valence-electron chi connectivity index (χ2n) is 5.99. The van der Waals surface area contributed by atoms with Gasteiger partial charge in [-0.25, -0.2) is 4.79 Å². The minimum Gasteiger partial charge on any atom is -0.463 e. The Bertz CT molecular complexity index is 927. The fourth-order valence-electron chi connectivity index (χ4n) is 3.07. The van der Waals surface area contributed by atoms with Crippen LogP contribution in [0.2, 0.25) is 0 Å². The predicted molar refractivity (Wildman–Crippen MR) is 103 cm³/mol. The van der Waals surface area contributed by atoms with Crippen LogP contribution in [0.3, 0.4) is 0 Å². The summed E-state index contributed by atoms with van der Waals surface area (Å²) >= 11 is 5.21. The summed E-state index contributed by atoms with van der Waals surface area (Å²) in [5.41, 5.74) is 0.0359. The number of halogens is 3.